The lowest BCUT2D eigenvalue weighted by molar-refractivity contribution is -0.141. The Bertz CT molecular complexity index is 1560. The van der Waals surface area contributed by atoms with Crippen LogP contribution in [0.1, 0.15) is 24.9 Å². The quantitative estimate of drug-likeness (QED) is 0.275. The molecule has 0 aliphatic rings. The van der Waals surface area contributed by atoms with E-state index in [2.05, 4.69) is 10.1 Å². The number of hydrogen-bond donors (Lipinski definition) is 1. The molecule has 5 aromatic rings. The minimum atomic E-state index is -4.58. The number of carboxylic acid groups (broad SMARTS) is 1. The molecule has 0 bridgehead atoms. The Balaban J connectivity index is 1.56. The summed E-state index contributed by atoms with van der Waals surface area (Å²) in [4.78, 5) is 16.0. The van der Waals surface area contributed by atoms with E-state index in [1.54, 1.807) is 72.3 Å². The Labute approximate surface area is 203 Å². The van der Waals surface area contributed by atoms with Crippen LogP contribution < -0.4 is 0 Å². The third kappa shape index (κ3) is 4.13. The maximum absolute atomic E-state index is 13.9. The van der Waals surface area contributed by atoms with Crippen molar-refractivity contribution in [3.05, 3.63) is 84.6 Å². The van der Waals surface area contributed by atoms with Crippen molar-refractivity contribution in [2.45, 2.75) is 25.6 Å². The molecule has 9 heteroatoms. The summed E-state index contributed by atoms with van der Waals surface area (Å²) in [5.41, 5.74) is 1.11. The number of rotatable bonds is 6. The maximum atomic E-state index is 13.9. The van der Waals surface area contributed by atoms with Gasteiger partial charge < -0.3 is 14.2 Å². The normalized spacial score (nSPS) is 12.7. The molecule has 0 spiro atoms. The van der Waals surface area contributed by atoms with Crippen molar-refractivity contribution in [1.29, 1.82) is 0 Å². The Morgan fingerprint density at radius 2 is 1.78 bits per heavy atom. The summed E-state index contributed by atoms with van der Waals surface area (Å²) in [6, 6.07) is 18.6. The number of fused-ring (bicyclic) bond motifs is 1. The van der Waals surface area contributed by atoms with Crippen LogP contribution in [-0.4, -0.2) is 25.8 Å². The molecule has 2 heterocycles. The Kier molecular flexibility index (Phi) is 5.83. The minimum absolute atomic E-state index is 0.0523. The van der Waals surface area contributed by atoms with Crippen molar-refractivity contribution >= 4 is 16.9 Å². The van der Waals surface area contributed by atoms with E-state index >= 15 is 0 Å². The molecule has 0 saturated carbocycles. The number of nitrogens with zero attached hydrogens (tertiary/aromatic N) is 3. The second kappa shape index (κ2) is 8.99. The molecule has 1 atom stereocenters. The van der Waals surface area contributed by atoms with Crippen LogP contribution >= 0.6 is 0 Å². The molecule has 5 rings (SSSR count). The molecular weight excluding hydrogens is 471 g/mol. The first-order valence-corrected chi connectivity index (χ1v) is 11.2. The van der Waals surface area contributed by atoms with Crippen molar-refractivity contribution in [3.63, 3.8) is 0 Å². The van der Waals surface area contributed by atoms with Crippen LogP contribution in [0.4, 0.5) is 13.2 Å². The molecule has 0 amide bonds. The molecule has 36 heavy (non-hydrogen) atoms. The van der Waals surface area contributed by atoms with Gasteiger partial charge in [-0.15, -0.1) is 0 Å². The van der Waals surface area contributed by atoms with Gasteiger partial charge >= 0.3 is 12.1 Å². The molecule has 0 aliphatic heterocycles. The summed E-state index contributed by atoms with van der Waals surface area (Å²) in [5.74, 6) is -0.803. The molecule has 0 fully saturated rings. The minimum Gasteiger partial charge on any atom is -0.480 e. The lowest BCUT2D eigenvalue weighted by Gasteiger charge is -2.14. The topological polar surface area (TPSA) is 81.1 Å². The highest BCUT2D eigenvalue weighted by molar-refractivity contribution is 5.94. The largest absolute Gasteiger partial charge is 0.480 e. The molecule has 1 unspecified atom stereocenters. The highest BCUT2D eigenvalue weighted by atomic mass is 19.4. The van der Waals surface area contributed by atoms with Gasteiger partial charge in [-0.05, 0) is 41.8 Å². The number of carbonyl (C=O) groups is 1. The Morgan fingerprint density at radius 1 is 1.00 bits per heavy atom. The summed E-state index contributed by atoms with van der Waals surface area (Å²) >= 11 is 0. The third-order valence-corrected chi connectivity index (χ3v) is 6.09. The van der Waals surface area contributed by atoms with Gasteiger partial charge in [0, 0.05) is 28.2 Å². The van der Waals surface area contributed by atoms with E-state index in [9.17, 15) is 23.1 Å². The van der Waals surface area contributed by atoms with Crippen LogP contribution in [0, 0.1) is 0 Å². The molecule has 0 radical (unpaired) electrons. The van der Waals surface area contributed by atoms with Crippen LogP contribution in [0.25, 0.3) is 44.9 Å². The lowest BCUT2D eigenvalue weighted by Crippen LogP contribution is -2.17. The Morgan fingerprint density at radius 3 is 2.47 bits per heavy atom. The van der Waals surface area contributed by atoms with Gasteiger partial charge in [0.25, 0.3) is 5.89 Å². The lowest BCUT2D eigenvalue weighted by atomic mass is 9.97. The fourth-order valence-corrected chi connectivity index (χ4v) is 4.38. The van der Waals surface area contributed by atoms with Crippen LogP contribution in [0.5, 0.6) is 0 Å². The fraction of sp³-hybridized carbons (Fsp3) is 0.148. The van der Waals surface area contributed by atoms with Gasteiger partial charge in [0.1, 0.15) is 6.04 Å². The third-order valence-electron chi connectivity index (χ3n) is 6.09. The fourth-order valence-electron chi connectivity index (χ4n) is 4.38. The molecule has 3 aromatic carbocycles. The predicted molar refractivity (Wildman–Crippen MR) is 128 cm³/mol. The zero-order valence-corrected chi connectivity index (χ0v) is 19.0. The summed E-state index contributed by atoms with van der Waals surface area (Å²) in [6.07, 6.45) is -2.50. The van der Waals surface area contributed by atoms with E-state index in [0.29, 0.717) is 28.5 Å². The van der Waals surface area contributed by atoms with E-state index in [1.165, 1.54) is 12.1 Å². The van der Waals surface area contributed by atoms with E-state index in [-0.39, 0.29) is 22.8 Å². The highest BCUT2D eigenvalue weighted by Crippen LogP contribution is 2.39. The standard InChI is InChI=1S/C27H20F3N3O3/c1-2-22(26(34)35)33-14-13-19-20(9-6-10-23(19)33)24-31-25(36-32-24)17-11-12-18(16-7-4-3-5-8-16)21(15-17)27(28,29)30/h3-15,22H,2H2,1H3,(H,34,35). The SMILES string of the molecule is CCC(C(=O)O)n1ccc2c(-c3noc(-c4ccc(-c5ccccc5)c(C(F)(F)F)c4)n3)cccc21. The molecule has 0 saturated heterocycles. The average molecular weight is 491 g/mol. The number of hydrogen-bond acceptors (Lipinski definition) is 4. The van der Waals surface area contributed by atoms with E-state index in [1.807, 2.05) is 0 Å². The van der Waals surface area contributed by atoms with E-state index in [0.717, 1.165) is 6.07 Å². The monoisotopic (exact) mass is 491 g/mol. The zero-order chi connectivity index (χ0) is 25.4. The van der Waals surface area contributed by atoms with Crippen LogP contribution in [0.3, 0.4) is 0 Å². The summed E-state index contributed by atoms with van der Waals surface area (Å²) in [5, 5.41) is 14.3. The first kappa shape index (κ1) is 23.3. The smallest absolute Gasteiger partial charge is 0.417 e. The summed E-state index contributed by atoms with van der Waals surface area (Å²) in [7, 11) is 0. The van der Waals surface area contributed by atoms with Gasteiger partial charge in [-0.3, -0.25) is 0 Å². The maximum Gasteiger partial charge on any atom is 0.417 e. The van der Waals surface area contributed by atoms with Gasteiger partial charge in [-0.1, -0.05) is 60.6 Å². The molecule has 2 aromatic heterocycles. The summed E-state index contributed by atoms with van der Waals surface area (Å²) in [6.45, 7) is 1.79. The molecule has 1 N–H and O–H groups in total. The number of benzene rings is 3. The van der Waals surface area contributed by atoms with Gasteiger partial charge in [0.15, 0.2) is 0 Å². The highest BCUT2D eigenvalue weighted by Gasteiger charge is 2.34. The van der Waals surface area contributed by atoms with Crippen molar-refractivity contribution in [2.24, 2.45) is 0 Å². The Hall–Kier alpha value is -4.40. The number of aromatic nitrogens is 3. The molecular formula is C27H20F3N3O3. The summed E-state index contributed by atoms with van der Waals surface area (Å²) < 4.78 is 48.8. The number of aliphatic carboxylic acids is 1. The van der Waals surface area contributed by atoms with Gasteiger partial charge in [-0.2, -0.15) is 18.2 Å². The van der Waals surface area contributed by atoms with Crippen molar-refractivity contribution in [2.75, 3.05) is 0 Å². The first-order chi connectivity index (χ1) is 17.3. The van der Waals surface area contributed by atoms with Crippen LogP contribution in [0.2, 0.25) is 0 Å². The van der Waals surface area contributed by atoms with Crippen LogP contribution in [-0.2, 0) is 11.0 Å². The number of alkyl halides is 3. The molecule has 0 aliphatic carbocycles. The second-order valence-corrected chi connectivity index (χ2v) is 8.27. The predicted octanol–water partition coefficient (Wildman–Crippen LogP) is 7.08. The average Bonchev–Trinajstić information content (AvgIpc) is 3.52. The van der Waals surface area contributed by atoms with Gasteiger partial charge in [-0.25, -0.2) is 4.79 Å². The van der Waals surface area contributed by atoms with Crippen molar-refractivity contribution < 1.29 is 27.6 Å². The van der Waals surface area contributed by atoms with Crippen molar-refractivity contribution in [3.8, 4) is 34.0 Å². The number of halogens is 3. The van der Waals surface area contributed by atoms with E-state index in [4.69, 9.17) is 4.52 Å². The zero-order valence-electron chi connectivity index (χ0n) is 19.0. The van der Waals surface area contributed by atoms with E-state index < -0.39 is 23.8 Å². The second-order valence-electron chi connectivity index (χ2n) is 8.27. The van der Waals surface area contributed by atoms with Crippen LogP contribution in [0.15, 0.2) is 83.5 Å². The van der Waals surface area contributed by atoms with Gasteiger partial charge in [0.05, 0.1) is 5.56 Å². The number of carboxylic acids is 1. The first-order valence-electron chi connectivity index (χ1n) is 11.2. The van der Waals surface area contributed by atoms with Gasteiger partial charge in [0.2, 0.25) is 5.82 Å². The molecule has 182 valence electrons. The van der Waals surface area contributed by atoms with Crippen molar-refractivity contribution in [1.82, 2.24) is 14.7 Å². The molecule has 6 nitrogen and oxygen atoms in total.